The van der Waals surface area contributed by atoms with Crippen LogP contribution < -0.4 is 11.1 Å². The van der Waals surface area contributed by atoms with Gasteiger partial charge in [0, 0.05) is 6.04 Å². The summed E-state index contributed by atoms with van der Waals surface area (Å²) in [6.45, 7) is 4.09. The van der Waals surface area contributed by atoms with Gasteiger partial charge in [-0.3, -0.25) is 4.79 Å². The van der Waals surface area contributed by atoms with E-state index >= 15 is 0 Å². The van der Waals surface area contributed by atoms with Gasteiger partial charge < -0.3 is 11.1 Å². The summed E-state index contributed by atoms with van der Waals surface area (Å²) in [5.41, 5.74) is 5.20. The van der Waals surface area contributed by atoms with Crippen LogP contribution in [-0.4, -0.2) is 38.4 Å². The number of nitrogens with one attached hydrogen (secondary N) is 1. The minimum Gasteiger partial charge on any atom is -0.353 e. The van der Waals surface area contributed by atoms with Crippen LogP contribution in [0.2, 0.25) is 0 Å². The zero-order valence-electron chi connectivity index (χ0n) is 9.32. The van der Waals surface area contributed by atoms with Gasteiger partial charge in [0.2, 0.25) is 5.91 Å². The third-order valence-corrected chi connectivity index (χ3v) is 3.64. The molecule has 1 amide bonds. The van der Waals surface area contributed by atoms with E-state index < -0.39 is 21.5 Å². The molecule has 0 aromatic carbocycles. The molecule has 0 fully saturated rings. The van der Waals surface area contributed by atoms with Gasteiger partial charge in [-0.15, -0.1) is 0 Å². The van der Waals surface area contributed by atoms with Gasteiger partial charge >= 0.3 is 0 Å². The van der Waals surface area contributed by atoms with Gasteiger partial charge in [0.15, 0.2) is 9.84 Å². The molecule has 0 aromatic heterocycles. The van der Waals surface area contributed by atoms with E-state index in [0.717, 1.165) is 6.42 Å². The molecule has 6 heteroatoms. The van der Waals surface area contributed by atoms with Crippen LogP contribution in [0.5, 0.6) is 0 Å². The molecule has 0 saturated carbocycles. The van der Waals surface area contributed by atoms with Gasteiger partial charge in [-0.1, -0.05) is 6.92 Å². The Labute approximate surface area is 91.3 Å². The second-order valence-corrected chi connectivity index (χ2v) is 5.80. The number of amides is 1. The molecule has 0 aliphatic heterocycles. The van der Waals surface area contributed by atoms with Crippen molar-refractivity contribution in [1.29, 1.82) is 0 Å². The van der Waals surface area contributed by atoms with Crippen molar-refractivity contribution < 1.29 is 13.2 Å². The first-order valence-corrected chi connectivity index (χ1v) is 6.93. The van der Waals surface area contributed by atoms with Gasteiger partial charge in [-0.25, -0.2) is 8.42 Å². The van der Waals surface area contributed by atoms with E-state index in [1.807, 2.05) is 13.8 Å². The van der Waals surface area contributed by atoms with E-state index in [1.165, 1.54) is 0 Å². The SMILES string of the molecule is CCC(C)NC(=O)CS(=O)(=O)CCCN. The fourth-order valence-electron chi connectivity index (χ4n) is 0.994. The topological polar surface area (TPSA) is 89.3 Å². The van der Waals surface area contributed by atoms with Crippen molar-refractivity contribution in [3.05, 3.63) is 0 Å². The summed E-state index contributed by atoms with van der Waals surface area (Å²) in [6, 6.07) is 0.0159. The largest absolute Gasteiger partial charge is 0.353 e. The second-order valence-electron chi connectivity index (χ2n) is 3.61. The molecular weight excluding hydrogens is 216 g/mol. The Kier molecular flexibility index (Phi) is 6.51. The number of nitrogens with two attached hydrogens (primary N) is 1. The molecule has 0 aromatic rings. The number of carbonyl (C=O) groups excluding carboxylic acids is 1. The highest BCUT2D eigenvalue weighted by Gasteiger charge is 2.16. The Morgan fingerprint density at radius 3 is 2.53 bits per heavy atom. The summed E-state index contributed by atoms with van der Waals surface area (Å²) >= 11 is 0. The van der Waals surface area contributed by atoms with Gasteiger partial charge in [-0.2, -0.15) is 0 Å². The predicted octanol–water partition coefficient (Wildman–Crippen LogP) is -0.335. The average Bonchev–Trinajstić information content (AvgIpc) is 2.13. The number of rotatable bonds is 7. The molecule has 5 nitrogen and oxygen atoms in total. The maximum atomic E-state index is 11.4. The average molecular weight is 236 g/mol. The summed E-state index contributed by atoms with van der Waals surface area (Å²) in [7, 11) is -3.29. The first-order valence-electron chi connectivity index (χ1n) is 5.11. The van der Waals surface area contributed by atoms with Crippen LogP contribution >= 0.6 is 0 Å². The number of carbonyl (C=O) groups is 1. The van der Waals surface area contributed by atoms with Crippen LogP contribution in [0, 0.1) is 0 Å². The third kappa shape index (κ3) is 7.33. The molecule has 15 heavy (non-hydrogen) atoms. The van der Waals surface area contributed by atoms with E-state index in [4.69, 9.17) is 5.73 Å². The highest BCUT2D eigenvalue weighted by atomic mass is 32.2. The first kappa shape index (κ1) is 14.4. The predicted molar refractivity (Wildman–Crippen MR) is 60.2 cm³/mol. The van der Waals surface area contributed by atoms with Gasteiger partial charge in [0.1, 0.15) is 5.75 Å². The Hall–Kier alpha value is -0.620. The lowest BCUT2D eigenvalue weighted by Crippen LogP contribution is -2.37. The third-order valence-electron chi connectivity index (χ3n) is 2.03. The molecule has 0 aliphatic carbocycles. The Bertz CT molecular complexity index is 288. The van der Waals surface area contributed by atoms with Crippen molar-refractivity contribution in [2.45, 2.75) is 32.7 Å². The Morgan fingerprint density at radius 1 is 1.47 bits per heavy atom. The van der Waals surface area contributed by atoms with Crippen LogP contribution in [0.4, 0.5) is 0 Å². The lowest BCUT2D eigenvalue weighted by atomic mass is 10.3. The highest BCUT2D eigenvalue weighted by molar-refractivity contribution is 7.92. The maximum Gasteiger partial charge on any atom is 0.235 e. The molecular formula is C9H20N2O3S. The van der Waals surface area contributed by atoms with Crippen LogP contribution in [0.1, 0.15) is 26.7 Å². The van der Waals surface area contributed by atoms with Crippen LogP contribution in [0.25, 0.3) is 0 Å². The van der Waals surface area contributed by atoms with E-state index in [2.05, 4.69) is 5.32 Å². The number of hydrogen-bond acceptors (Lipinski definition) is 4. The van der Waals surface area contributed by atoms with Crippen molar-refractivity contribution in [3.63, 3.8) is 0 Å². The fourth-order valence-corrected chi connectivity index (χ4v) is 2.23. The zero-order valence-corrected chi connectivity index (χ0v) is 10.1. The maximum absolute atomic E-state index is 11.4. The Balaban J connectivity index is 4.05. The molecule has 0 heterocycles. The lowest BCUT2D eigenvalue weighted by Gasteiger charge is -2.11. The minimum atomic E-state index is -3.29. The molecule has 0 radical (unpaired) electrons. The standard InChI is InChI=1S/C9H20N2O3S/c1-3-8(2)11-9(12)7-15(13,14)6-4-5-10/h8H,3-7,10H2,1-2H3,(H,11,12). The minimum absolute atomic E-state index is 0.0159. The molecule has 1 atom stereocenters. The van der Waals surface area contributed by atoms with E-state index in [-0.39, 0.29) is 11.8 Å². The van der Waals surface area contributed by atoms with Crippen molar-refractivity contribution in [2.75, 3.05) is 18.1 Å². The van der Waals surface area contributed by atoms with E-state index in [9.17, 15) is 13.2 Å². The normalized spacial score (nSPS) is 13.5. The molecule has 0 spiro atoms. The van der Waals surface area contributed by atoms with Crippen molar-refractivity contribution in [1.82, 2.24) is 5.32 Å². The van der Waals surface area contributed by atoms with Crippen molar-refractivity contribution in [3.8, 4) is 0 Å². The summed E-state index contributed by atoms with van der Waals surface area (Å²) in [5.74, 6) is -0.879. The summed E-state index contributed by atoms with van der Waals surface area (Å²) in [5, 5.41) is 2.61. The van der Waals surface area contributed by atoms with Crippen molar-refractivity contribution in [2.24, 2.45) is 5.73 Å². The molecule has 0 aliphatic rings. The monoisotopic (exact) mass is 236 g/mol. The van der Waals surface area contributed by atoms with Crippen molar-refractivity contribution >= 4 is 15.7 Å². The van der Waals surface area contributed by atoms with Gasteiger partial charge in [0.25, 0.3) is 0 Å². The smallest absolute Gasteiger partial charge is 0.235 e. The molecule has 3 N–H and O–H groups in total. The highest BCUT2D eigenvalue weighted by Crippen LogP contribution is 1.95. The van der Waals surface area contributed by atoms with E-state index in [1.54, 1.807) is 0 Å². The second kappa shape index (κ2) is 6.79. The van der Waals surface area contributed by atoms with Gasteiger partial charge in [0.05, 0.1) is 5.75 Å². The molecule has 90 valence electrons. The van der Waals surface area contributed by atoms with Crippen LogP contribution in [-0.2, 0) is 14.6 Å². The van der Waals surface area contributed by atoms with Gasteiger partial charge in [-0.05, 0) is 26.3 Å². The first-order chi connectivity index (χ1) is 6.91. The summed E-state index contributed by atoms with van der Waals surface area (Å²) in [6.07, 6.45) is 1.19. The molecule has 1 unspecified atom stereocenters. The zero-order chi connectivity index (χ0) is 11.9. The van der Waals surface area contributed by atoms with E-state index in [0.29, 0.717) is 13.0 Å². The Morgan fingerprint density at radius 2 is 2.07 bits per heavy atom. The quantitative estimate of drug-likeness (QED) is 0.633. The fraction of sp³-hybridized carbons (Fsp3) is 0.889. The van der Waals surface area contributed by atoms with Crippen LogP contribution in [0.3, 0.4) is 0 Å². The lowest BCUT2D eigenvalue weighted by molar-refractivity contribution is -0.119. The summed E-state index contributed by atoms with van der Waals surface area (Å²) in [4.78, 5) is 11.3. The molecule has 0 saturated heterocycles. The number of sulfone groups is 1. The molecule has 0 rings (SSSR count). The number of hydrogen-bond donors (Lipinski definition) is 2. The molecule has 0 bridgehead atoms. The summed E-state index contributed by atoms with van der Waals surface area (Å²) < 4.78 is 22.7. The van der Waals surface area contributed by atoms with Crippen LogP contribution in [0.15, 0.2) is 0 Å².